The van der Waals surface area contributed by atoms with Gasteiger partial charge in [0.15, 0.2) is 0 Å². The Bertz CT molecular complexity index is 339. The van der Waals surface area contributed by atoms with E-state index in [1.165, 1.54) is 19.3 Å². The standard InChI is InChI=1S/C12H22O5S/c1-2-3-4-5-6-7-8-16-9-10-17-11-12-18(13,14)15/h2-6,9-12H2,1H3,(H,13,14,15). The van der Waals surface area contributed by atoms with E-state index in [1.54, 1.807) is 0 Å². The summed E-state index contributed by atoms with van der Waals surface area (Å²) in [6.07, 6.45) is 8.15. The SMILES string of the molecule is CCCCCCC#COCCOCCS(=O)(=O)O. The van der Waals surface area contributed by atoms with Crippen molar-refractivity contribution in [2.24, 2.45) is 0 Å². The van der Waals surface area contributed by atoms with Gasteiger partial charge in [-0.2, -0.15) is 8.42 Å². The highest BCUT2D eigenvalue weighted by Crippen LogP contribution is 2.00. The Kier molecular flexibility index (Phi) is 10.8. The van der Waals surface area contributed by atoms with Crippen LogP contribution in [0, 0.1) is 12.0 Å². The minimum absolute atomic E-state index is 0.0351. The molecule has 106 valence electrons. The number of hydrogen-bond donors (Lipinski definition) is 1. The van der Waals surface area contributed by atoms with Crippen LogP contribution < -0.4 is 0 Å². The average molecular weight is 278 g/mol. The molecule has 0 aliphatic heterocycles. The van der Waals surface area contributed by atoms with Crippen molar-refractivity contribution in [1.82, 2.24) is 0 Å². The minimum atomic E-state index is -3.93. The van der Waals surface area contributed by atoms with Crippen LogP contribution in [0.4, 0.5) is 0 Å². The van der Waals surface area contributed by atoms with Crippen LogP contribution in [-0.4, -0.2) is 38.5 Å². The first-order valence-corrected chi connectivity index (χ1v) is 7.79. The van der Waals surface area contributed by atoms with E-state index in [-0.39, 0.29) is 13.2 Å². The van der Waals surface area contributed by atoms with Gasteiger partial charge in [-0.15, -0.1) is 0 Å². The van der Waals surface area contributed by atoms with Gasteiger partial charge < -0.3 is 9.47 Å². The van der Waals surface area contributed by atoms with Gasteiger partial charge in [-0.1, -0.05) is 32.1 Å². The van der Waals surface area contributed by atoms with E-state index in [0.29, 0.717) is 6.61 Å². The lowest BCUT2D eigenvalue weighted by Crippen LogP contribution is -2.12. The van der Waals surface area contributed by atoms with Crippen LogP contribution >= 0.6 is 0 Å². The lowest BCUT2D eigenvalue weighted by molar-refractivity contribution is 0.100. The van der Waals surface area contributed by atoms with Crippen molar-refractivity contribution in [3.63, 3.8) is 0 Å². The molecule has 0 aliphatic rings. The Morgan fingerprint density at radius 1 is 1.11 bits per heavy atom. The van der Waals surface area contributed by atoms with E-state index in [9.17, 15) is 8.42 Å². The molecule has 0 bridgehead atoms. The summed E-state index contributed by atoms with van der Waals surface area (Å²) in [5, 5.41) is 0. The Morgan fingerprint density at radius 3 is 2.56 bits per heavy atom. The highest BCUT2D eigenvalue weighted by atomic mass is 32.2. The first-order chi connectivity index (χ1) is 8.56. The van der Waals surface area contributed by atoms with Gasteiger partial charge in [-0.3, -0.25) is 4.55 Å². The molecule has 0 heterocycles. The number of rotatable bonds is 10. The zero-order chi connectivity index (χ0) is 13.7. The molecular weight excluding hydrogens is 256 g/mol. The third kappa shape index (κ3) is 15.2. The van der Waals surface area contributed by atoms with Crippen molar-refractivity contribution >= 4 is 10.1 Å². The van der Waals surface area contributed by atoms with Crippen LogP contribution in [0.2, 0.25) is 0 Å². The fourth-order valence-electron chi connectivity index (χ4n) is 1.16. The second kappa shape index (κ2) is 11.3. The average Bonchev–Trinajstić information content (AvgIpc) is 2.29. The summed E-state index contributed by atoms with van der Waals surface area (Å²) < 4.78 is 39.0. The molecular formula is C12H22O5S. The zero-order valence-corrected chi connectivity index (χ0v) is 11.7. The summed E-state index contributed by atoms with van der Waals surface area (Å²) in [4.78, 5) is 0. The predicted octanol–water partition coefficient (Wildman–Crippen LogP) is 1.84. The molecule has 0 radical (unpaired) electrons. The summed E-state index contributed by atoms with van der Waals surface area (Å²) in [5.74, 6) is 2.50. The van der Waals surface area contributed by atoms with Crippen LogP contribution in [0.1, 0.15) is 39.0 Å². The van der Waals surface area contributed by atoms with Gasteiger partial charge >= 0.3 is 0 Å². The van der Waals surface area contributed by atoms with Crippen molar-refractivity contribution in [1.29, 1.82) is 0 Å². The summed E-state index contributed by atoms with van der Waals surface area (Å²) in [6.45, 7) is 2.69. The molecule has 0 saturated heterocycles. The van der Waals surface area contributed by atoms with Gasteiger partial charge in [-0.25, -0.2) is 0 Å². The Morgan fingerprint density at radius 2 is 1.89 bits per heavy atom. The lowest BCUT2D eigenvalue weighted by atomic mass is 10.2. The summed E-state index contributed by atoms with van der Waals surface area (Å²) >= 11 is 0. The van der Waals surface area contributed by atoms with E-state index in [2.05, 4.69) is 19.0 Å². The summed E-state index contributed by atoms with van der Waals surface area (Å²) in [6, 6.07) is 0. The Hall–Kier alpha value is -0.770. The molecule has 5 nitrogen and oxygen atoms in total. The van der Waals surface area contributed by atoms with Crippen LogP contribution in [0.25, 0.3) is 0 Å². The van der Waals surface area contributed by atoms with Crippen molar-refractivity contribution in [2.75, 3.05) is 25.6 Å². The number of unbranched alkanes of at least 4 members (excludes halogenated alkanes) is 4. The van der Waals surface area contributed by atoms with Gasteiger partial charge in [0.1, 0.15) is 12.7 Å². The van der Waals surface area contributed by atoms with Gasteiger partial charge in [0, 0.05) is 6.42 Å². The maximum Gasteiger partial charge on any atom is 0.267 e. The molecule has 0 aromatic rings. The summed E-state index contributed by atoms with van der Waals surface area (Å²) in [7, 11) is -3.93. The highest BCUT2D eigenvalue weighted by Gasteiger charge is 2.02. The molecule has 0 amide bonds. The first-order valence-electron chi connectivity index (χ1n) is 6.19. The van der Waals surface area contributed by atoms with Crippen LogP contribution in [-0.2, 0) is 19.6 Å². The highest BCUT2D eigenvalue weighted by molar-refractivity contribution is 7.85. The van der Waals surface area contributed by atoms with Crippen LogP contribution in [0.5, 0.6) is 0 Å². The molecule has 0 aromatic heterocycles. The van der Waals surface area contributed by atoms with E-state index >= 15 is 0 Å². The third-order valence-corrected chi connectivity index (χ3v) is 2.80. The van der Waals surface area contributed by atoms with Crippen molar-refractivity contribution < 1.29 is 22.4 Å². The third-order valence-electron chi connectivity index (χ3n) is 2.12. The number of ether oxygens (including phenoxy) is 2. The van der Waals surface area contributed by atoms with Gasteiger partial charge in [0.25, 0.3) is 10.1 Å². The molecule has 0 atom stereocenters. The number of hydrogen-bond acceptors (Lipinski definition) is 4. The maximum absolute atomic E-state index is 10.3. The molecule has 0 rings (SSSR count). The second-order valence-electron chi connectivity index (χ2n) is 3.84. The topological polar surface area (TPSA) is 72.8 Å². The molecule has 0 unspecified atom stereocenters. The van der Waals surface area contributed by atoms with Crippen molar-refractivity contribution in [3.05, 3.63) is 0 Å². The fraction of sp³-hybridized carbons (Fsp3) is 0.833. The maximum atomic E-state index is 10.3. The second-order valence-corrected chi connectivity index (χ2v) is 5.41. The van der Waals surface area contributed by atoms with E-state index in [0.717, 1.165) is 12.8 Å². The van der Waals surface area contributed by atoms with E-state index in [1.807, 2.05) is 0 Å². The fourth-order valence-corrected chi connectivity index (χ4v) is 1.49. The Labute approximate surface area is 110 Å². The van der Waals surface area contributed by atoms with Crippen molar-refractivity contribution in [3.8, 4) is 12.0 Å². The Balaban J connectivity index is 3.23. The molecule has 0 fully saturated rings. The van der Waals surface area contributed by atoms with Gasteiger partial charge in [-0.05, 0) is 6.42 Å². The lowest BCUT2D eigenvalue weighted by Gasteiger charge is -2.00. The van der Waals surface area contributed by atoms with E-state index < -0.39 is 15.9 Å². The molecule has 0 saturated carbocycles. The largest absolute Gasteiger partial charge is 0.444 e. The monoisotopic (exact) mass is 278 g/mol. The molecule has 0 spiro atoms. The van der Waals surface area contributed by atoms with Crippen LogP contribution in [0.15, 0.2) is 0 Å². The molecule has 6 heteroatoms. The first kappa shape index (κ1) is 17.2. The predicted molar refractivity (Wildman–Crippen MR) is 69.7 cm³/mol. The zero-order valence-electron chi connectivity index (χ0n) is 10.9. The van der Waals surface area contributed by atoms with Gasteiger partial charge in [0.05, 0.1) is 19.0 Å². The smallest absolute Gasteiger partial charge is 0.267 e. The van der Waals surface area contributed by atoms with Crippen LogP contribution in [0.3, 0.4) is 0 Å². The minimum Gasteiger partial charge on any atom is -0.444 e. The molecule has 0 aliphatic carbocycles. The summed E-state index contributed by atoms with van der Waals surface area (Å²) in [5.41, 5.74) is 0. The molecule has 18 heavy (non-hydrogen) atoms. The quantitative estimate of drug-likeness (QED) is 0.375. The van der Waals surface area contributed by atoms with Crippen molar-refractivity contribution in [2.45, 2.75) is 39.0 Å². The van der Waals surface area contributed by atoms with Gasteiger partial charge in [0.2, 0.25) is 0 Å². The molecule has 1 N–H and O–H groups in total. The molecule has 0 aromatic carbocycles. The van der Waals surface area contributed by atoms with E-state index in [4.69, 9.17) is 14.0 Å². The normalized spacial score (nSPS) is 10.8.